The van der Waals surface area contributed by atoms with E-state index in [0.717, 1.165) is 11.0 Å². The minimum absolute atomic E-state index is 0.250. The first kappa shape index (κ1) is 10.1. The molecular weight excluding hydrogens is 182 g/mol. The predicted octanol–water partition coefficient (Wildman–Crippen LogP) is 0.991. The van der Waals surface area contributed by atoms with E-state index in [-0.39, 0.29) is 6.15 Å². The van der Waals surface area contributed by atoms with Gasteiger partial charge in [-0.05, 0) is 37.1 Å². The molecule has 5 nitrogen and oxygen atoms in total. The van der Waals surface area contributed by atoms with Crippen LogP contribution in [-0.4, -0.2) is 21.6 Å². The molecule has 0 aliphatic carbocycles. The number of nitrogens with one attached hydrogen (secondary N) is 1. The van der Waals surface area contributed by atoms with E-state index in [1.165, 1.54) is 11.1 Å². The fourth-order valence-corrected chi connectivity index (χ4v) is 1.10. The summed E-state index contributed by atoms with van der Waals surface area (Å²) >= 11 is 0. The lowest BCUT2D eigenvalue weighted by atomic mass is 10.1. The van der Waals surface area contributed by atoms with Gasteiger partial charge < -0.3 is 0 Å². The Kier molecular flexibility index (Phi) is 3.09. The summed E-state index contributed by atoms with van der Waals surface area (Å²) in [5.41, 5.74) is 4.39. The molecule has 1 aromatic heterocycles. The van der Waals surface area contributed by atoms with Crippen LogP contribution in [0.15, 0.2) is 12.1 Å². The van der Waals surface area contributed by atoms with Crippen molar-refractivity contribution in [3.8, 4) is 0 Å². The number of aromatic amines is 1. The average Bonchev–Trinajstić information content (AvgIpc) is 2.54. The average molecular weight is 191 g/mol. The van der Waals surface area contributed by atoms with Gasteiger partial charge in [0.1, 0.15) is 11.0 Å². The molecule has 0 aliphatic rings. The Morgan fingerprint density at radius 3 is 1.79 bits per heavy atom. The molecule has 14 heavy (non-hydrogen) atoms. The van der Waals surface area contributed by atoms with E-state index in [0.29, 0.717) is 0 Å². The number of carbonyl (C=O) groups excluding carboxylic acids is 2. The molecule has 0 fully saturated rings. The lowest BCUT2D eigenvalue weighted by Gasteiger charge is -1.95. The fourth-order valence-electron chi connectivity index (χ4n) is 1.10. The van der Waals surface area contributed by atoms with Crippen molar-refractivity contribution in [1.82, 2.24) is 15.4 Å². The Morgan fingerprint density at radius 1 is 1.07 bits per heavy atom. The van der Waals surface area contributed by atoms with Crippen molar-refractivity contribution >= 4 is 17.2 Å². The summed E-state index contributed by atoms with van der Waals surface area (Å²) in [5.74, 6) is 0. The zero-order valence-electron chi connectivity index (χ0n) is 7.87. The molecule has 0 bridgehead atoms. The Labute approximate surface area is 80.1 Å². The topological polar surface area (TPSA) is 75.7 Å². The molecule has 2 aromatic rings. The molecule has 0 radical (unpaired) electrons. The molecular formula is C9H9N3O2. The van der Waals surface area contributed by atoms with Crippen LogP contribution in [-0.2, 0) is 9.59 Å². The monoisotopic (exact) mass is 191 g/mol. The van der Waals surface area contributed by atoms with E-state index in [2.05, 4.69) is 29.3 Å². The van der Waals surface area contributed by atoms with Gasteiger partial charge in [-0.3, -0.25) is 0 Å². The fraction of sp³-hybridized carbons (Fsp3) is 0.222. The van der Waals surface area contributed by atoms with Gasteiger partial charge in [-0.2, -0.15) is 25.0 Å². The number of benzene rings is 1. The second kappa shape index (κ2) is 4.30. The Hall–Kier alpha value is -2.00. The minimum atomic E-state index is 0.250. The molecule has 1 heterocycles. The Bertz CT molecular complexity index is 434. The van der Waals surface area contributed by atoms with Gasteiger partial charge in [-0.1, -0.05) is 0 Å². The molecule has 72 valence electrons. The second-order valence-electron chi connectivity index (χ2n) is 2.83. The molecule has 1 aromatic carbocycles. The largest absolute Gasteiger partial charge is 0.373 e. The van der Waals surface area contributed by atoms with Crippen LogP contribution in [0.2, 0.25) is 0 Å². The number of aryl methyl sites for hydroxylation is 2. The van der Waals surface area contributed by atoms with Crippen molar-refractivity contribution in [2.75, 3.05) is 0 Å². The first-order valence-electron chi connectivity index (χ1n) is 3.96. The highest BCUT2D eigenvalue weighted by Crippen LogP contribution is 2.13. The molecule has 2 rings (SSSR count). The number of hydrogen-bond acceptors (Lipinski definition) is 4. The normalized spacial score (nSPS) is 9.00. The first-order valence-corrected chi connectivity index (χ1v) is 3.96. The van der Waals surface area contributed by atoms with Crippen LogP contribution in [0.1, 0.15) is 11.1 Å². The van der Waals surface area contributed by atoms with E-state index in [9.17, 15) is 0 Å². The van der Waals surface area contributed by atoms with Crippen molar-refractivity contribution in [2.45, 2.75) is 13.8 Å². The molecule has 0 atom stereocenters. The highest BCUT2D eigenvalue weighted by atomic mass is 16.2. The maximum absolute atomic E-state index is 8.12. The van der Waals surface area contributed by atoms with Crippen LogP contribution in [0.4, 0.5) is 0 Å². The van der Waals surface area contributed by atoms with Gasteiger partial charge in [0, 0.05) is 0 Å². The van der Waals surface area contributed by atoms with Gasteiger partial charge in [-0.25, -0.2) is 0 Å². The molecule has 0 spiro atoms. The van der Waals surface area contributed by atoms with E-state index in [4.69, 9.17) is 9.59 Å². The van der Waals surface area contributed by atoms with Crippen LogP contribution in [0.5, 0.6) is 0 Å². The third kappa shape index (κ3) is 2.02. The van der Waals surface area contributed by atoms with Crippen LogP contribution in [0.25, 0.3) is 11.0 Å². The number of rotatable bonds is 0. The van der Waals surface area contributed by atoms with Crippen LogP contribution in [0.3, 0.4) is 0 Å². The van der Waals surface area contributed by atoms with Gasteiger partial charge in [0.2, 0.25) is 0 Å². The third-order valence-electron chi connectivity index (χ3n) is 1.93. The summed E-state index contributed by atoms with van der Waals surface area (Å²) in [6.45, 7) is 4.15. The smallest absolute Gasteiger partial charge is 0.197 e. The zero-order valence-corrected chi connectivity index (χ0v) is 7.87. The standard InChI is InChI=1S/C8H9N3.CO2/c1-5-3-7-8(4-6(5)2)10-11-9-7;2-1-3/h3-4H,1-2H3,(H,9,10,11);. The number of aromatic nitrogens is 3. The zero-order chi connectivity index (χ0) is 10.6. The molecule has 0 saturated carbocycles. The summed E-state index contributed by atoms with van der Waals surface area (Å²) in [6.07, 6.45) is 0.250. The highest BCUT2D eigenvalue weighted by molar-refractivity contribution is 5.75. The lowest BCUT2D eigenvalue weighted by Crippen LogP contribution is -1.79. The summed E-state index contributed by atoms with van der Waals surface area (Å²) in [6, 6.07) is 4.07. The van der Waals surface area contributed by atoms with Crippen molar-refractivity contribution in [3.05, 3.63) is 23.3 Å². The maximum atomic E-state index is 8.12. The molecule has 5 heteroatoms. The molecule has 0 aliphatic heterocycles. The quantitative estimate of drug-likeness (QED) is 0.673. The van der Waals surface area contributed by atoms with Crippen molar-refractivity contribution < 1.29 is 9.59 Å². The lowest BCUT2D eigenvalue weighted by molar-refractivity contribution is -0.191. The van der Waals surface area contributed by atoms with Gasteiger partial charge in [-0.15, -0.1) is 0 Å². The molecule has 0 amide bonds. The molecule has 0 saturated heterocycles. The maximum Gasteiger partial charge on any atom is 0.373 e. The van der Waals surface area contributed by atoms with Gasteiger partial charge in [0.15, 0.2) is 0 Å². The van der Waals surface area contributed by atoms with Gasteiger partial charge in [0.05, 0.1) is 0 Å². The predicted molar refractivity (Wildman–Crippen MR) is 48.4 cm³/mol. The minimum Gasteiger partial charge on any atom is -0.197 e. The second-order valence-corrected chi connectivity index (χ2v) is 2.83. The van der Waals surface area contributed by atoms with Crippen LogP contribution < -0.4 is 0 Å². The summed E-state index contributed by atoms with van der Waals surface area (Å²) in [7, 11) is 0. The van der Waals surface area contributed by atoms with E-state index < -0.39 is 0 Å². The summed E-state index contributed by atoms with van der Waals surface area (Å²) in [4.78, 5) is 16.2. The number of hydrogen-bond donors (Lipinski definition) is 1. The number of nitrogens with zero attached hydrogens (tertiary/aromatic N) is 2. The SMILES string of the molecule is Cc1cc2n[nH]nc2cc1C.O=C=O. The van der Waals surface area contributed by atoms with Crippen molar-refractivity contribution in [3.63, 3.8) is 0 Å². The van der Waals surface area contributed by atoms with Crippen LogP contribution in [0, 0.1) is 13.8 Å². The molecule has 0 unspecified atom stereocenters. The van der Waals surface area contributed by atoms with Crippen molar-refractivity contribution in [1.29, 1.82) is 0 Å². The van der Waals surface area contributed by atoms with Gasteiger partial charge in [0.25, 0.3) is 0 Å². The number of fused-ring (bicyclic) bond motifs is 1. The third-order valence-corrected chi connectivity index (χ3v) is 1.93. The van der Waals surface area contributed by atoms with Crippen LogP contribution >= 0.6 is 0 Å². The first-order chi connectivity index (χ1) is 6.69. The Morgan fingerprint density at radius 2 is 1.43 bits per heavy atom. The highest BCUT2D eigenvalue weighted by Gasteiger charge is 1.99. The molecule has 1 N–H and O–H groups in total. The summed E-state index contributed by atoms with van der Waals surface area (Å²) in [5, 5.41) is 10.6. The Balaban J connectivity index is 0.000000293. The van der Waals surface area contributed by atoms with Crippen molar-refractivity contribution in [2.24, 2.45) is 0 Å². The van der Waals surface area contributed by atoms with E-state index in [1.54, 1.807) is 0 Å². The summed E-state index contributed by atoms with van der Waals surface area (Å²) < 4.78 is 0. The number of H-pyrrole nitrogens is 1. The van der Waals surface area contributed by atoms with E-state index >= 15 is 0 Å². The van der Waals surface area contributed by atoms with Gasteiger partial charge >= 0.3 is 6.15 Å². The van der Waals surface area contributed by atoms with E-state index in [1.807, 2.05) is 12.1 Å².